The molecule has 100 valence electrons. The van der Waals surface area contributed by atoms with E-state index in [1.54, 1.807) is 30.3 Å². The van der Waals surface area contributed by atoms with E-state index in [1.165, 1.54) is 0 Å². The maximum Gasteiger partial charge on any atom is 0.240 e. The second-order valence-corrected chi connectivity index (χ2v) is 6.62. The van der Waals surface area contributed by atoms with Crippen molar-refractivity contribution in [3.8, 4) is 0 Å². The zero-order valence-electron chi connectivity index (χ0n) is 10.2. The van der Waals surface area contributed by atoms with Crippen molar-refractivity contribution in [2.24, 2.45) is 5.92 Å². The van der Waals surface area contributed by atoms with Crippen molar-refractivity contribution in [2.45, 2.75) is 36.7 Å². The van der Waals surface area contributed by atoms with Crippen LogP contribution in [-0.2, 0) is 10.0 Å². The van der Waals surface area contributed by atoms with Crippen LogP contribution in [0.4, 0.5) is 0 Å². The third kappa shape index (κ3) is 3.54. The molecule has 0 spiro atoms. The van der Waals surface area contributed by atoms with E-state index in [1.807, 2.05) is 0 Å². The van der Waals surface area contributed by atoms with Gasteiger partial charge in [-0.15, -0.1) is 0 Å². The highest BCUT2D eigenvalue weighted by molar-refractivity contribution is 7.89. The van der Waals surface area contributed by atoms with Crippen LogP contribution in [0.15, 0.2) is 35.2 Å². The van der Waals surface area contributed by atoms with Gasteiger partial charge in [-0.05, 0) is 37.3 Å². The summed E-state index contributed by atoms with van der Waals surface area (Å²) in [5.74, 6) is 0.243. The molecule has 0 amide bonds. The number of sulfonamides is 1. The molecular formula is C13H19NO3S. The minimum atomic E-state index is -3.41. The van der Waals surface area contributed by atoms with Crippen molar-refractivity contribution in [2.75, 3.05) is 6.54 Å². The fourth-order valence-corrected chi connectivity index (χ4v) is 3.50. The second-order valence-electron chi connectivity index (χ2n) is 4.85. The van der Waals surface area contributed by atoms with Crippen molar-refractivity contribution in [1.82, 2.24) is 4.72 Å². The van der Waals surface area contributed by atoms with Gasteiger partial charge in [-0.3, -0.25) is 0 Å². The number of benzene rings is 1. The van der Waals surface area contributed by atoms with E-state index in [4.69, 9.17) is 0 Å². The van der Waals surface area contributed by atoms with E-state index >= 15 is 0 Å². The highest BCUT2D eigenvalue weighted by Crippen LogP contribution is 2.23. The van der Waals surface area contributed by atoms with Gasteiger partial charge >= 0.3 is 0 Å². The fraction of sp³-hybridized carbons (Fsp3) is 0.538. The number of hydrogen-bond donors (Lipinski definition) is 2. The van der Waals surface area contributed by atoms with Gasteiger partial charge in [0.15, 0.2) is 0 Å². The highest BCUT2D eigenvalue weighted by atomic mass is 32.2. The molecule has 18 heavy (non-hydrogen) atoms. The summed E-state index contributed by atoms with van der Waals surface area (Å²) in [5.41, 5.74) is 0. The van der Waals surface area contributed by atoms with Gasteiger partial charge in [-0.1, -0.05) is 24.6 Å². The van der Waals surface area contributed by atoms with Gasteiger partial charge in [0.25, 0.3) is 0 Å². The Kier molecular flexibility index (Phi) is 4.37. The van der Waals surface area contributed by atoms with E-state index in [-0.39, 0.29) is 12.0 Å². The van der Waals surface area contributed by atoms with Gasteiger partial charge in [-0.2, -0.15) is 0 Å². The number of aliphatic hydroxyl groups excluding tert-OH is 1. The first kappa shape index (κ1) is 13.5. The first-order valence-electron chi connectivity index (χ1n) is 6.31. The Hall–Kier alpha value is -0.910. The summed E-state index contributed by atoms with van der Waals surface area (Å²) >= 11 is 0. The van der Waals surface area contributed by atoms with Crippen LogP contribution in [-0.4, -0.2) is 26.2 Å². The SMILES string of the molecule is O=S(=O)(NCC1CCCC(O)C1)c1ccccc1. The van der Waals surface area contributed by atoms with Crippen molar-refractivity contribution >= 4 is 10.0 Å². The molecule has 2 N–H and O–H groups in total. The number of nitrogens with one attached hydrogen (secondary N) is 1. The lowest BCUT2D eigenvalue weighted by molar-refractivity contribution is 0.102. The molecule has 5 heteroatoms. The van der Waals surface area contributed by atoms with Gasteiger partial charge in [-0.25, -0.2) is 13.1 Å². The van der Waals surface area contributed by atoms with Crippen LogP contribution < -0.4 is 4.72 Å². The molecule has 0 heterocycles. The van der Waals surface area contributed by atoms with E-state index in [0.717, 1.165) is 19.3 Å². The van der Waals surface area contributed by atoms with Gasteiger partial charge < -0.3 is 5.11 Å². The molecule has 4 nitrogen and oxygen atoms in total. The van der Waals surface area contributed by atoms with E-state index in [0.29, 0.717) is 17.9 Å². The summed E-state index contributed by atoms with van der Waals surface area (Å²) in [5, 5.41) is 9.55. The lowest BCUT2D eigenvalue weighted by atomic mass is 9.87. The zero-order valence-corrected chi connectivity index (χ0v) is 11.1. The van der Waals surface area contributed by atoms with Crippen molar-refractivity contribution in [3.63, 3.8) is 0 Å². The maximum absolute atomic E-state index is 12.0. The Morgan fingerprint density at radius 2 is 1.94 bits per heavy atom. The lowest BCUT2D eigenvalue weighted by Gasteiger charge is -2.25. The predicted molar refractivity (Wildman–Crippen MR) is 69.6 cm³/mol. The average Bonchev–Trinajstić information content (AvgIpc) is 2.38. The summed E-state index contributed by atoms with van der Waals surface area (Å²) < 4.78 is 26.6. The summed E-state index contributed by atoms with van der Waals surface area (Å²) in [6.07, 6.45) is 3.21. The molecule has 0 radical (unpaired) electrons. The predicted octanol–water partition coefficient (Wildman–Crippen LogP) is 1.52. The van der Waals surface area contributed by atoms with Crippen LogP contribution in [0.5, 0.6) is 0 Å². The summed E-state index contributed by atoms with van der Waals surface area (Å²) in [6, 6.07) is 8.37. The average molecular weight is 269 g/mol. The molecule has 0 saturated heterocycles. The van der Waals surface area contributed by atoms with E-state index in [9.17, 15) is 13.5 Å². The van der Waals surface area contributed by atoms with Crippen LogP contribution in [0.1, 0.15) is 25.7 Å². The molecule has 1 aromatic carbocycles. The minimum absolute atomic E-state index is 0.243. The van der Waals surface area contributed by atoms with Crippen LogP contribution in [0.3, 0.4) is 0 Å². The van der Waals surface area contributed by atoms with Crippen LogP contribution in [0, 0.1) is 5.92 Å². The molecule has 1 aromatic rings. The molecular weight excluding hydrogens is 250 g/mol. The number of aliphatic hydroxyl groups is 1. The lowest BCUT2D eigenvalue weighted by Crippen LogP contribution is -2.33. The molecule has 0 aromatic heterocycles. The number of hydrogen-bond acceptors (Lipinski definition) is 3. The molecule has 2 atom stereocenters. The normalized spacial score (nSPS) is 24.9. The first-order chi connectivity index (χ1) is 8.58. The van der Waals surface area contributed by atoms with Gasteiger partial charge in [0.05, 0.1) is 11.0 Å². The van der Waals surface area contributed by atoms with Crippen molar-refractivity contribution in [3.05, 3.63) is 30.3 Å². The standard InChI is InChI=1S/C13H19NO3S/c15-12-6-4-5-11(9-12)10-14-18(16,17)13-7-2-1-3-8-13/h1-3,7-8,11-12,14-15H,4-6,9-10H2. The van der Waals surface area contributed by atoms with Gasteiger partial charge in [0.1, 0.15) is 0 Å². The highest BCUT2D eigenvalue weighted by Gasteiger charge is 2.22. The third-order valence-corrected chi connectivity index (χ3v) is 4.81. The molecule has 0 aliphatic heterocycles. The molecule has 1 saturated carbocycles. The minimum Gasteiger partial charge on any atom is -0.393 e. The summed E-state index contributed by atoms with van der Waals surface area (Å²) in [6.45, 7) is 0.411. The van der Waals surface area contributed by atoms with Crippen molar-refractivity contribution < 1.29 is 13.5 Å². The Bertz CT molecular complexity index is 472. The summed E-state index contributed by atoms with van der Waals surface area (Å²) in [4.78, 5) is 0.293. The van der Waals surface area contributed by atoms with Crippen LogP contribution in [0.2, 0.25) is 0 Å². The topological polar surface area (TPSA) is 66.4 Å². The van der Waals surface area contributed by atoms with Gasteiger partial charge in [0.2, 0.25) is 10.0 Å². The first-order valence-corrected chi connectivity index (χ1v) is 7.79. The third-order valence-electron chi connectivity index (χ3n) is 3.37. The maximum atomic E-state index is 12.0. The molecule has 1 fully saturated rings. The zero-order chi connectivity index (χ0) is 13.0. The second kappa shape index (κ2) is 5.82. The smallest absolute Gasteiger partial charge is 0.240 e. The van der Waals surface area contributed by atoms with Gasteiger partial charge in [0, 0.05) is 6.54 Å². The molecule has 1 aliphatic rings. The Balaban J connectivity index is 1.93. The van der Waals surface area contributed by atoms with Crippen LogP contribution >= 0.6 is 0 Å². The van der Waals surface area contributed by atoms with Crippen LogP contribution in [0.25, 0.3) is 0 Å². The van der Waals surface area contributed by atoms with E-state index < -0.39 is 10.0 Å². The Labute approximate surface area is 108 Å². The quantitative estimate of drug-likeness (QED) is 0.871. The molecule has 1 aliphatic carbocycles. The Morgan fingerprint density at radius 3 is 2.61 bits per heavy atom. The largest absolute Gasteiger partial charge is 0.393 e. The molecule has 2 unspecified atom stereocenters. The molecule has 2 rings (SSSR count). The summed E-state index contributed by atoms with van der Waals surface area (Å²) in [7, 11) is -3.41. The van der Waals surface area contributed by atoms with Crippen molar-refractivity contribution in [1.29, 1.82) is 0 Å². The monoisotopic (exact) mass is 269 g/mol. The fourth-order valence-electron chi connectivity index (χ4n) is 2.36. The molecule has 0 bridgehead atoms. The number of rotatable bonds is 4. The Morgan fingerprint density at radius 1 is 1.22 bits per heavy atom. The van der Waals surface area contributed by atoms with E-state index in [2.05, 4.69) is 4.72 Å².